The molecule has 0 saturated carbocycles. The summed E-state index contributed by atoms with van der Waals surface area (Å²) >= 11 is 0. The van der Waals surface area contributed by atoms with Gasteiger partial charge in [-0.25, -0.2) is 0 Å². The van der Waals surface area contributed by atoms with Gasteiger partial charge in [0.2, 0.25) is 5.91 Å². The smallest absolute Gasteiger partial charge is 0.226 e. The zero-order valence-corrected chi connectivity index (χ0v) is 16.3. The van der Waals surface area contributed by atoms with Crippen molar-refractivity contribution in [2.24, 2.45) is 5.92 Å². The standard InChI is InChI=1S/C21H27N3O.ClH/c1-16-6-5-7-18(12-16)14-24(15-20-8-3-4-10-23-20)21(25)19-9-11-22-17(2)13-19;/h3-8,10,12,17,19,22H,9,11,13-15H2,1-2H3;1H/t17-,19-;/m0./s1. The topological polar surface area (TPSA) is 45.2 Å². The van der Waals surface area contributed by atoms with E-state index in [1.165, 1.54) is 11.1 Å². The first-order valence-electron chi connectivity index (χ1n) is 9.09. The molecule has 0 radical (unpaired) electrons. The second-order valence-corrected chi connectivity index (χ2v) is 7.08. The van der Waals surface area contributed by atoms with Crippen molar-refractivity contribution in [3.05, 3.63) is 65.5 Å². The van der Waals surface area contributed by atoms with Gasteiger partial charge in [0.25, 0.3) is 0 Å². The number of benzene rings is 1. The van der Waals surface area contributed by atoms with Gasteiger partial charge in [-0.15, -0.1) is 12.4 Å². The Labute approximate surface area is 162 Å². The molecule has 140 valence electrons. The van der Waals surface area contributed by atoms with Crippen LogP contribution in [0.3, 0.4) is 0 Å². The van der Waals surface area contributed by atoms with Crippen molar-refractivity contribution in [1.29, 1.82) is 0 Å². The van der Waals surface area contributed by atoms with Gasteiger partial charge >= 0.3 is 0 Å². The van der Waals surface area contributed by atoms with Crippen LogP contribution in [-0.4, -0.2) is 28.4 Å². The lowest BCUT2D eigenvalue weighted by atomic mass is 9.91. The van der Waals surface area contributed by atoms with Crippen LogP contribution in [0.4, 0.5) is 0 Å². The van der Waals surface area contributed by atoms with E-state index in [-0.39, 0.29) is 24.2 Å². The Morgan fingerprint density at radius 1 is 1.23 bits per heavy atom. The summed E-state index contributed by atoms with van der Waals surface area (Å²) in [6.45, 7) is 6.35. The Balaban J connectivity index is 0.00000243. The Hall–Kier alpha value is -1.91. The van der Waals surface area contributed by atoms with Crippen LogP contribution in [0, 0.1) is 12.8 Å². The molecule has 1 aliphatic heterocycles. The molecule has 0 bridgehead atoms. The highest BCUT2D eigenvalue weighted by Gasteiger charge is 2.28. The number of pyridine rings is 1. The van der Waals surface area contributed by atoms with Crippen LogP contribution >= 0.6 is 12.4 Å². The average Bonchev–Trinajstić information content (AvgIpc) is 2.61. The highest BCUT2D eigenvalue weighted by atomic mass is 35.5. The molecule has 0 aliphatic carbocycles. The SMILES string of the molecule is Cc1cccc(CN(Cc2ccccn2)C(=O)[C@H]2CCN[C@@H](C)C2)c1.Cl. The molecule has 3 rings (SSSR count). The molecule has 1 N–H and O–H groups in total. The molecule has 2 atom stereocenters. The minimum absolute atomic E-state index is 0. The van der Waals surface area contributed by atoms with E-state index in [0.29, 0.717) is 19.1 Å². The molecule has 4 nitrogen and oxygen atoms in total. The maximum Gasteiger partial charge on any atom is 0.226 e. The van der Waals surface area contributed by atoms with Gasteiger partial charge in [0.1, 0.15) is 0 Å². The number of aryl methyl sites for hydroxylation is 1. The van der Waals surface area contributed by atoms with Gasteiger partial charge in [0.15, 0.2) is 0 Å². The van der Waals surface area contributed by atoms with Gasteiger partial charge in [-0.1, -0.05) is 35.9 Å². The van der Waals surface area contributed by atoms with Crippen molar-refractivity contribution in [2.45, 2.75) is 45.8 Å². The van der Waals surface area contributed by atoms with Crippen LogP contribution in [0.1, 0.15) is 36.6 Å². The molecule has 1 aliphatic rings. The van der Waals surface area contributed by atoms with E-state index in [1.807, 2.05) is 23.1 Å². The van der Waals surface area contributed by atoms with Gasteiger partial charge in [-0.3, -0.25) is 9.78 Å². The maximum atomic E-state index is 13.2. The molecule has 26 heavy (non-hydrogen) atoms. The number of rotatable bonds is 5. The van der Waals surface area contributed by atoms with Crippen molar-refractivity contribution < 1.29 is 4.79 Å². The first-order valence-corrected chi connectivity index (χ1v) is 9.09. The van der Waals surface area contributed by atoms with Crippen LogP contribution < -0.4 is 5.32 Å². The van der Waals surface area contributed by atoms with Gasteiger partial charge in [-0.05, 0) is 50.9 Å². The Bertz CT molecular complexity index is 707. The van der Waals surface area contributed by atoms with Gasteiger partial charge < -0.3 is 10.2 Å². The summed E-state index contributed by atoms with van der Waals surface area (Å²) in [5, 5.41) is 3.43. The number of aromatic nitrogens is 1. The zero-order chi connectivity index (χ0) is 17.6. The van der Waals surface area contributed by atoms with Crippen LogP contribution in [-0.2, 0) is 17.9 Å². The van der Waals surface area contributed by atoms with Gasteiger partial charge in [0.05, 0.1) is 12.2 Å². The molecule has 1 amide bonds. The quantitative estimate of drug-likeness (QED) is 0.868. The Morgan fingerprint density at radius 3 is 2.77 bits per heavy atom. The highest BCUT2D eigenvalue weighted by Crippen LogP contribution is 2.21. The lowest BCUT2D eigenvalue weighted by Gasteiger charge is -2.32. The molecule has 5 heteroatoms. The average molecular weight is 374 g/mol. The number of hydrogen-bond acceptors (Lipinski definition) is 3. The Morgan fingerprint density at radius 2 is 2.08 bits per heavy atom. The minimum Gasteiger partial charge on any atom is -0.332 e. The lowest BCUT2D eigenvalue weighted by Crippen LogP contribution is -2.43. The summed E-state index contributed by atoms with van der Waals surface area (Å²) in [6, 6.07) is 14.7. The highest BCUT2D eigenvalue weighted by molar-refractivity contribution is 5.85. The first-order chi connectivity index (χ1) is 12.1. The molecule has 1 saturated heterocycles. The van der Waals surface area contributed by atoms with E-state index >= 15 is 0 Å². The van der Waals surface area contributed by atoms with E-state index in [2.05, 4.69) is 48.4 Å². The van der Waals surface area contributed by atoms with Crippen molar-refractivity contribution >= 4 is 18.3 Å². The van der Waals surface area contributed by atoms with Crippen LogP contribution in [0.5, 0.6) is 0 Å². The number of piperidine rings is 1. The largest absolute Gasteiger partial charge is 0.332 e. The molecule has 0 spiro atoms. The van der Waals surface area contributed by atoms with E-state index in [1.54, 1.807) is 6.20 Å². The van der Waals surface area contributed by atoms with Crippen molar-refractivity contribution in [3.63, 3.8) is 0 Å². The first kappa shape index (κ1) is 20.4. The predicted octanol–water partition coefficient (Wildman–Crippen LogP) is 3.73. The van der Waals surface area contributed by atoms with Gasteiger partial charge in [-0.2, -0.15) is 0 Å². The molecular formula is C21H28ClN3O. The van der Waals surface area contributed by atoms with E-state index in [4.69, 9.17) is 0 Å². The number of halogens is 1. The second kappa shape index (κ2) is 9.70. The summed E-state index contributed by atoms with van der Waals surface area (Å²) in [4.78, 5) is 19.6. The molecule has 2 heterocycles. The van der Waals surface area contributed by atoms with E-state index in [0.717, 1.165) is 25.1 Å². The van der Waals surface area contributed by atoms with Gasteiger partial charge in [0, 0.05) is 24.7 Å². The molecule has 1 fully saturated rings. The number of amides is 1. The third-order valence-electron chi connectivity index (χ3n) is 4.82. The maximum absolute atomic E-state index is 13.2. The third kappa shape index (κ3) is 5.55. The molecular weight excluding hydrogens is 346 g/mol. The molecule has 0 unspecified atom stereocenters. The fourth-order valence-corrected chi connectivity index (χ4v) is 3.54. The second-order valence-electron chi connectivity index (χ2n) is 7.08. The number of hydrogen-bond donors (Lipinski definition) is 1. The zero-order valence-electron chi connectivity index (χ0n) is 15.5. The number of carbonyl (C=O) groups is 1. The number of nitrogens with one attached hydrogen (secondary N) is 1. The monoisotopic (exact) mass is 373 g/mol. The molecule has 2 aromatic rings. The summed E-state index contributed by atoms with van der Waals surface area (Å²) in [5.41, 5.74) is 3.33. The lowest BCUT2D eigenvalue weighted by molar-refractivity contribution is -0.138. The van der Waals surface area contributed by atoms with Crippen LogP contribution in [0.15, 0.2) is 48.7 Å². The van der Waals surface area contributed by atoms with E-state index in [9.17, 15) is 4.79 Å². The number of carbonyl (C=O) groups excluding carboxylic acids is 1. The third-order valence-corrected chi connectivity index (χ3v) is 4.82. The molecule has 1 aromatic carbocycles. The molecule has 1 aromatic heterocycles. The summed E-state index contributed by atoms with van der Waals surface area (Å²) in [6.07, 6.45) is 3.61. The van der Waals surface area contributed by atoms with Crippen molar-refractivity contribution in [1.82, 2.24) is 15.2 Å². The van der Waals surface area contributed by atoms with Crippen molar-refractivity contribution in [3.8, 4) is 0 Å². The fourth-order valence-electron chi connectivity index (χ4n) is 3.54. The predicted molar refractivity (Wildman–Crippen MR) is 107 cm³/mol. The Kier molecular flexibility index (Phi) is 7.61. The normalized spacial score (nSPS) is 19.5. The fraction of sp³-hybridized carbons (Fsp3) is 0.429. The number of nitrogens with zero attached hydrogens (tertiary/aromatic N) is 2. The van der Waals surface area contributed by atoms with Crippen molar-refractivity contribution in [2.75, 3.05) is 6.54 Å². The van der Waals surface area contributed by atoms with Crippen LogP contribution in [0.2, 0.25) is 0 Å². The minimum atomic E-state index is 0. The van der Waals surface area contributed by atoms with E-state index < -0.39 is 0 Å². The van der Waals surface area contributed by atoms with Crippen LogP contribution in [0.25, 0.3) is 0 Å². The summed E-state index contributed by atoms with van der Waals surface area (Å²) in [5.74, 6) is 0.352. The summed E-state index contributed by atoms with van der Waals surface area (Å²) < 4.78 is 0. The summed E-state index contributed by atoms with van der Waals surface area (Å²) in [7, 11) is 0.